The van der Waals surface area contributed by atoms with E-state index < -0.39 is 10.2 Å². The van der Waals surface area contributed by atoms with E-state index in [0.29, 0.717) is 19.0 Å². The highest BCUT2D eigenvalue weighted by Crippen LogP contribution is 2.18. The van der Waals surface area contributed by atoms with E-state index in [1.165, 1.54) is 0 Å². The lowest BCUT2D eigenvalue weighted by molar-refractivity contribution is 0.130. The van der Waals surface area contributed by atoms with Crippen molar-refractivity contribution in [3.63, 3.8) is 0 Å². The molecule has 21 heavy (non-hydrogen) atoms. The Balaban J connectivity index is 1.78. The van der Waals surface area contributed by atoms with Crippen molar-refractivity contribution < 1.29 is 8.42 Å². The summed E-state index contributed by atoms with van der Waals surface area (Å²) >= 11 is 0. The van der Waals surface area contributed by atoms with Crippen LogP contribution in [0.1, 0.15) is 19.8 Å². The van der Waals surface area contributed by atoms with Crippen molar-refractivity contribution in [2.75, 3.05) is 59.4 Å². The van der Waals surface area contributed by atoms with Crippen molar-refractivity contribution in [3.8, 4) is 0 Å². The number of hydrazine groups is 1. The molecule has 2 aliphatic rings. The number of rotatable bonds is 6. The summed E-state index contributed by atoms with van der Waals surface area (Å²) in [4.78, 5) is 4.94. The number of piperazine rings is 1. The predicted molar refractivity (Wildman–Crippen MR) is 84.0 cm³/mol. The maximum atomic E-state index is 12.4. The maximum Gasteiger partial charge on any atom is 0.292 e. The lowest BCUT2D eigenvalue weighted by Crippen LogP contribution is -2.56. The SMILES string of the molecule is CCNCC1CCN(S(=O)(=O)NN2CCN(C)CC2)CC1. The summed E-state index contributed by atoms with van der Waals surface area (Å²) in [6.07, 6.45) is 1.88. The zero-order valence-corrected chi connectivity index (χ0v) is 14.0. The molecule has 2 N–H and O–H groups in total. The van der Waals surface area contributed by atoms with Gasteiger partial charge in [0.25, 0.3) is 10.2 Å². The molecule has 7 nitrogen and oxygen atoms in total. The van der Waals surface area contributed by atoms with Crippen LogP contribution in [0, 0.1) is 5.92 Å². The van der Waals surface area contributed by atoms with Gasteiger partial charge in [-0.3, -0.25) is 0 Å². The summed E-state index contributed by atoms with van der Waals surface area (Å²) in [5, 5.41) is 5.16. The Morgan fingerprint density at radius 3 is 2.24 bits per heavy atom. The van der Waals surface area contributed by atoms with Gasteiger partial charge < -0.3 is 10.2 Å². The third-order valence-electron chi connectivity index (χ3n) is 4.34. The van der Waals surface area contributed by atoms with Crippen LogP contribution in [0.2, 0.25) is 0 Å². The topological polar surface area (TPSA) is 67.9 Å². The van der Waals surface area contributed by atoms with Crippen LogP contribution in [0.3, 0.4) is 0 Å². The molecule has 2 rings (SSSR count). The van der Waals surface area contributed by atoms with Crippen LogP contribution in [0.4, 0.5) is 0 Å². The lowest BCUT2D eigenvalue weighted by atomic mass is 9.98. The van der Waals surface area contributed by atoms with Crippen LogP contribution >= 0.6 is 0 Å². The largest absolute Gasteiger partial charge is 0.317 e. The molecule has 0 radical (unpaired) electrons. The molecule has 2 saturated heterocycles. The number of nitrogens with zero attached hydrogens (tertiary/aromatic N) is 3. The zero-order valence-electron chi connectivity index (χ0n) is 13.2. The Hall–Kier alpha value is -0.250. The Bertz CT molecular complexity index is 401. The highest BCUT2D eigenvalue weighted by atomic mass is 32.2. The summed E-state index contributed by atoms with van der Waals surface area (Å²) < 4.78 is 26.4. The van der Waals surface area contributed by atoms with E-state index in [1.807, 2.05) is 5.01 Å². The average molecular weight is 319 g/mol. The van der Waals surface area contributed by atoms with Gasteiger partial charge in [0.2, 0.25) is 0 Å². The maximum absolute atomic E-state index is 12.4. The van der Waals surface area contributed by atoms with Gasteiger partial charge in [0, 0.05) is 39.3 Å². The van der Waals surface area contributed by atoms with Gasteiger partial charge in [-0.15, -0.1) is 4.83 Å². The fourth-order valence-electron chi connectivity index (χ4n) is 2.82. The average Bonchev–Trinajstić information content (AvgIpc) is 2.48. The van der Waals surface area contributed by atoms with Gasteiger partial charge in [-0.25, -0.2) is 5.01 Å². The minimum Gasteiger partial charge on any atom is -0.317 e. The van der Waals surface area contributed by atoms with Crippen LogP contribution < -0.4 is 10.1 Å². The number of hydrogen-bond donors (Lipinski definition) is 2. The molecule has 2 aliphatic heterocycles. The quantitative estimate of drug-likeness (QED) is 0.678. The highest BCUT2D eigenvalue weighted by Gasteiger charge is 2.29. The van der Waals surface area contributed by atoms with E-state index >= 15 is 0 Å². The summed E-state index contributed by atoms with van der Waals surface area (Å²) in [5.41, 5.74) is 0. The summed E-state index contributed by atoms with van der Waals surface area (Å²) in [5.74, 6) is 0.597. The molecule has 0 spiro atoms. The van der Waals surface area contributed by atoms with E-state index in [2.05, 4.69) is 29.0 Å². The molecule has 0 atom stereocenters. The van der Waals surface area contributed by atoms with Crippen molar-refractivity contribution in [2.24, 2.45) is 5.92 Å². The smallest absolute Gasteiger partial charge is 0.292 e. The Labute approximate surface area is 128 Å². The fraction of sp³-hybridized carbons (Fsp3) is 1.00. The monoisotopic (exact) mass is 319 g/mol. The van der Waals surface area contributed by atoms with Crippen LogP contribution in [-0.4, -0.2) is 82.0 Å². The minimum atomic E-state index is -3.37. The van der Waals surface area contributed by atoms with Gasteiger partial charge in [-0.05, 0) is 38.9 Å². The van der Waals surface area contributed by atoms with Gasteiger partial charge in [0.15, 0.2) is 0 Å². The second kappa shape index (κ2) is 7.85. The number of nitrogens with one attached hydrogen (secondary N) is 2. The van der Waals surface area contributed by atoms with Crippen LogP contribution in [0.15, 0.2) is 0 Å². The van der Waals surface area contributed by atoms with E-state index in [4.69, 9.17) is 0 Å². The third-order valence-corrected chi connectivity index (χ3v) is 5.88. The van der Waals surface area contributed by atoms with Crippen molar-refractivity contribution >= 4 is 10.2 Å². The van der Waals surface area contributed by atoms with Crippen LogP contribution in [0.25, 0.3) is 0 Å². The second-order valence-electron chi connectivity index (χ2n) is 6.04. The fourth-order valence-corrected chi connectivity index (χ4v) is 4.14. The van der Waals surface area contributed by atoms with Crippen LogP contribution in [-0.2, 0) is 10.2 Å². The van der Waals surface area contributed by atoms with Gasteiger partial charge >= 0.3 is 0 Å². The second-order valence-corrected chi connectivity index (χ2v) is 7.69. The van der Waals surface area contributed by atoms with Crippen molar-refractivity contribution in [1.82, 2.24) is 24.4 Å². The molecule has 0 aromatic rings. The van der Waals surface area contributed by atoms with Crippen molar-refractivity contribution in [3.05, 3.63) is 0 Å². The number of hydrogen-bond acceptors (Lipinski definition) is 5. The van der Waals surface area contributed by atoms with E-state index in [9.17, 15) is 8.42 Å². The molecule has 0 unspecified atom stereocenters. The first kappa shape index (κ1) is 17.1. The Kier molecular flexibility index (Phi) is 6.39. The third kappa shape index (κ3) is 5.15. The van der Waals surface area contributed by atoms with E-state index in [-0.39, 0.29) is 0 Å². The highest BCUT2D eigenvalue weighted by molar-refractivity contribution is 7.87. The van der Waals surface area contributed by atoms with Gasteiger partial charge in [0.1, 0.15) is 0 Å². The van der Waals surface area contributed by atoms with Gasteiger partial charge in [0.05, 0.1) is 0 Å². The molecule has 0 amide bonds. The first-order chi connectivity index (χ1) is 10.0. The normalized spacial score (nSPS) is 24.5. The molecule has 0 bridgehead atoms. The Morgan fingerprint density at radius 2 is 1.67 bits per heavy atom. The molecule has 124 valence electrons. The molecule has 2 heterocycles. The molecular weight excluding hydrogens is 290 g/mol. The molecule has 0 saturated carbocycles. The first-order valence-electron chi connectivity index (χ1n) is 7.93. The van der Waals surface area contributed by atoms with Gasteiger partial charge in [-0.2, -0.15) is 12.7 Å². The molecule has 8 heteroatoms. The van der Waals surface area contributed by atoms with Crippen LogP contribution in [0.5, 0.6) is 0 Å². The molecule has 2 fully saturated rings. The summed E-state index contributed by atoms with van der Waals surface area (Å²) in [7, 11) is -1.32. The van der Waals surface area contributed by atoms with E-state index in [0.717, 1.165) is 52.1 Å². The van der Waals surface area contributed by atoms with Crippen molar-refractivity contribution in [2.45, 2.75) is 19.8 Å². The lowest BCUT2D eigenvalue weighted by Gasteiger charge is -2.36. The first-order valence-corrected chi connectivity index (χ1v) is 9.37. The Morgan fingerprint density at radius 1 is 1.05 bits per heavy atom. The van der Waals surface area contributed by atoms with Crippen molar-refractivity contribution in [1.29, 1.82) is 0 Å². The minimum absolute atomic E-state index is 0.597. The molecule has 0 aromatic heterocycles. The summed E-state index contributed by atoms with van der Waals surface area (Å²) in [6, 6.07) is 0. The summed E-state index contributed by atoms with van der Waals surface area (Å²) in [6.45, 7) is 8.59. The predicted octanol–water partition coefficient (Wildman–Crippen LogP) is -0.695. The van der Waals surface area contributed by atoms with Gasteiger partial charge in [-0.1, -0.05) is 6.92 Å². The number of likely N-dealkylation sites (N-methyl/N-ethyl adjacent to an activating group) is 1. The molecular formula is C13H29N5O2S. The molecule has 0 aliphatic carbocycles. The molecule has 0 aromatic carbocycles. The number of piperidine rings is 1. The van der Waals surface area contributed by atoms with E-state index in [1.54, 1.807) is 4.31 Å². The standard InChI is InChI=1S/C13H29N5O2S/c1-3-14-12-13-4-6-18(7-5-13)21(19,20)15-17-10-8-16(2)9-11-17/h13-15H,3-12H2,1-2H3. The zero-order chi connectivity index (χ0) is 15.3.